The number of hydrogen-bond donors (Lipinski definition) is 1. The van der Waals surface area contributed by atoms with E-state index in [0.717, 1.165) is 27.5 Å². The molecular formula is C16H11N3O2. The lowest BCUT2D eigenvalue weighted by Gasteiger charge is -2.03. The molecule has 0 amide bonds. The van der Waals surface area contributed by atoms with Crippen LogP contribution in [0.3, 0.4) is 0 Å². The molecule has 5 heteroatoms. The molecule has 2 aromatic heterocycles. The van der Waals surface area contributed by atoms with E-state index in [2.05, 4.69) is 9.97 Å². The van der Waals surface area contributed by atoms with Gasteiger partial charge in [0.15, 0.2) is 5.65 Å². The molecule has 0 unspecified atom stereocenters. The molecular weight excluding hydrogens is 266 g/mol. The van der Waals surface area contributed by atoms with Gasteiger partial charge in [-0.1, -0.05) is 30.3 Å². The maximum absolute atomic E-state index is 11.1. The number of para-hydroxylation sites is 3. The zero-order chi connectivity index (χ0) is 14.4. The molecule has 5 nitrogen and oxygen atoms in total. The minimum absolute atomic E-state index is 0.128. The normalized spacial score (nSPS) is 11.4. The van der Waals surface area contributed by atoms with Crippen LogP contribution in [-0.4, -0.2) is 25.6 Å². The molecule has 0 atom stereocenters. The molecule has 102 valence electrons. The zero-order valence-electron chi connectivity index (χ0n) is 11.0. The molecule has 21 heavy (non-hydrogen) atoms. The molecule has 0 fully saturated rings. The largest absolute Gasteiger partial charge is 0.480 e. The highest BCUT2D eigenvalue weighted by molar-refractivity contribution is 6.06. The van der Waals surface area contributed by atoms with Crippen LogP contribution in [0.4, 0.5) is 0 Å². The summed E-state index contributed by atoms with van der Waals surface area (Å²) in [4.78, 5) is 20.4. The van der Waals surface area contributed by atoms with Crippen LogP contribution in [0.1, 0.15) is 0 Å². The van der Waals surface area contributed by atoms with Gasteiger partial charge in [0.1, 0.15) is 12.1 Å². The Morgan fingerprint density at radius 1 is 1.00 bits per heavy atom. The molecule has 1 N–H and O–H groups in total. The van der Waals surface area contributed by atoms with Crippen molar-refractivity contribution in [2.45, 2.75) is 6.54 Å². The second kappa shape index (κ2) is 4.28. The van der Waals surface area contributed by atoms with Crippen molar-refractivity contribution in [2.75, 3.05) is 0 Å². The number of rotatable bonds is 2. The molecule has 0 aliphatic carbocycles. The number of nitrogens with zero attached hydrogens (tertiary/aromatic N) is 3. The lowest BCUT2D eigenvalue weighted by atomic mass is 10.2. The van der Waals surface area contributed by atoms with Crippen molar-refractivity contribution in [3.8, 4) is 0 Å². The second-order valence-corrected chi connectivity index (χ2v) is 4.88. The number of carboxylic acids is 1. The highest BCUT2D eigenvalue weighted by atomic mass is 16.4. The van der Waals surface area contributed by atoms with Crippen molar-refractivity contribution < 1.29 is 9.90 Å². The van der Waals surface area contributed by atoms with E-state index in [1.807, 2.05) is 48.5 Å². The summed E-state index contributed by atoms with van der Waals surface area (Å²) < 4.78 is 1.70. The standard InChI is InChI=1S/C16H11N3O2/c20-14(21)9-19-13-8-4-1-5-10(13)15-16(19)18-12-7-3-2-6-11(12)17-15/h1-8H,9H2,(H,20,21). The van der Waals surface area contributed by atoms with Gasteiger partial charge in [-0.15, -0.1) is 0 Å². The van der Waals surface area contributed by atoms with Crippen LogP contribution in [-0.2, 0) is 11.3 Å². The number of fused-ring (bicyclic) bond motifs is 4. The van der Waals surface area contributed by atoms with E-state index in [1.54, 1.807) is 4.57 Å². The Kier molecular flexibility index (Phi) is 2.41. The van der Waals surface area contributed by atoms with Gasteiger partial charge in [0.2, 0.25) is 0 Å². The maximum Gasteiger partial charge on any atom is 0.323 e. The summed E-state index contributed by atoms with van der Waals surface area (Å²) in [5.74, 6) is -0.896. The van der Waals surface area contributed by atoms with Gasteiger partial charge in [0.25, 0.3) is 0 Å². The van der Waals surface area contributed by atoms with E-state index >= 15 is 0 Å². The lowest BCUT2D eigenvalue weighted by molar-refractivity contribution is -0.137. The molecule has 0 bridgehead atoms. The van der Waals surface area contributed by atoms with Crippen molar-refractivity contribution in [1.82, 2.24) is 14.5 Å². The summed E-state index contributed by atoms with van der Waals surface area (Å²) in [6, 6.07) is 15.2. The summed E-state index contributed by atoms with van der Waals surface area (Å²) in [7, 11) is 0. The van der Waals surface area contributed by atoms with Gasteiger partial charge in [-0.25, -0.2) is 9.97 Å². The fourth-order valence-corrected chi connectivity index (χ4v) is 2.68. The van der Waals surface area contributed by atoms with Gasteiger partial charge in [0.05, 0.1) is 16.6 Å². The molecule has 0 saturated carbocycles. The van der Waals surface area contributed by atoms with Crippen molar-refractivity contribution in [1.29, 1.82) is 0 Å². The Hall–Kier alpha value is -2.95. The summed E-state index contributed by atoms with van der Waals surface area (Å²) >= 11 is 0. The maximum atomic E-state index is 11.1. The minimum Gasteiger partial charge on any atom is -0.480 e. The van der Waals surface area contributed by atoms with Crippen LogP contribution in [0.2, 0.25) is 0 Å². The van der Waals surface area contributed by atoms with Gasteiger partial charge >= 0.3 is 5.97 Å². The smallest absolute Gasteiger partial charge is 0.323 e. The van der Waals surface area contributed by atoms with Gasteiger partial charge in [-0.3, -0.25) is 4.79 Å². The Morgan fingerprint density at radius 3 is 2.43 bits per heavy atom. The number of carboxylic acid groups (broad SMARTS) is 1. The van der Waals surface area contributed by atoms with Crippen LogP contribution in [0.25, 0.3) is 33.1 Å². The van der Waals surface area contributed by atoms with E-state index in [4.69, 9.17) is 5.11 Å². The van der Waals surface area contributed by atoms with E-state index < -0.39 is 5.97 Å². The van der Waals surface area contributed by atoms with Crippen molar-refractivity contribution >= 4 is 39.1 Å². The summed E-state index contributed by atoms with van der Waals surface area (Å²) in [5.41, 5.74) is 3.76. The number of carbonyl (C=O) groups is 1. The van der Waals surface area contributed by atoms with Gasteiger partial charge < -0.3 is 9.67 Å². The van der Waals surface area contributed by atoms with E-state index in [1.165, 1.54) is 0 Å². The highest BCUT2D eigenvalue weighted by Gasteiger charge is 2.15. The molecule has 0 spiro atoms. The van der Waals surface area contributed by atoms with Gasteiger partial charge in [0, 0.05) is 5.39 Å². The third-order valence-corrected chi connectivity index (χ3v) is 3.55. The Labute approximate surface area is 119 Å². The number of benzene rings is 2. The van der Waals surface area contributed by atoms with Crippen molar-refractivity contribution in [2.24, 2.45) is 0 Å². The molecule has 0 aliphatic rings. The van der Waals surface area contributed by atoms with Gasteiger partial charge in [-0.05, 0) is 18.2 Å². The molecule has 0 aliphatic heterocycles. The van der Waals surface area contributed by atoms with Crippen LogP contribution in [0.15, 0.2) is 48.5 Å². The number of hydrogen-bond acceptors (Lipinski definition) is 3. The van der Waals surface area contributed by atoms with E-state index in [9.17, 15) is 4.79 Å². The second-order valence-electron chi connectivity index (χ2n) is 4.88. The lowest BCUT2D eigenvalue weighted by Crippen LogP contribution is -2.09. The first-order chi connectivity index (χ1) is 10.2. The molecule has 2 aromatic carbocycles. The average molecular weight is 277 g/mol. The zero-order valence-corrected chi connectivity index (χ0v) is 11.0. The van der Waals surface area contributed by atoms with Crippen molar-refractivity contribution in [3.63, 3.8) is 0 Å². The fourth-order valence-electron chi connectivity index (χ4n) is 2.68. The average Bonchev–Trinajstić information content (AvgIpc) is 2.79. The Bertz CT molecular complexity index is 1000. The molecule has 2 heterocycles. The molecule has 4 rings (SSSR count). The van der Waals surface area contributed by atoms with Crippen LogP contribution >= 0.6 is 0 Å². The predicted molar refractivity (Wildman–Crippen MR) is 80.2 cm³/mol. The third-order valence-electron chi connectivity index (χ3n) is 3.55. The third kappa shape index (κ3) is 1.74. The summed E-state index contributed by atoms with van der Waals surface area (Å²) in [5, 5.41) is 10.1. The highest BCUT2D eigenvalue weighted by Crippen LogP contribution is 2.27. The number of aromatic nitrogens is 3. The van der Waals surface area contributed by atoms with E-state index in [0.29, 0.717) is 5.65 Å². The van der Waals surface area contributed by atoms with Gasteiger partial charge in [-0.2, -0.15) is 0 Å². The number of aliphatic carboxylic acids is 1. The first kappa shape index (κ1) is 11.8. The molecule has 0 saturated heterocycles. The van der Waals surface area contributed by atoms with Crippen molar-refractivity contribution in [3.05, 3.63) is 48.5 Å². The predicted octanol–water partition coefficient (Wildman–Crippen LogP) is 2.82. The monoisotopic (exact) mass is 277 g/mol. The minimum atomic E-state index is -0.896. The summed E-state index contributed by atoms with van der Waals surface area (Å²) in [6.45, 7) is -0.128. The first-order valence-corrected chi connectivity index (χ1v) is 6.59. The first-order valence-electron chi connectivity index (χ1n) is 6.59. The van der Waals surface area contributed by atoms with Crippen LogP contribution in [0.5, 0.6) is 0 Å². The van der Waals surface area contributed by atoms with E-state index in [-0.39, 0.29) is 6.54 Å². The molecule has 0 radical (unpaired) electrons. The summed E-state index contributed by atoms with van der Waals surface area (Å²) in [6.07, 6.45) is 0. The van der Waals surface area contributed by atoms with Crippen LogP contribution < -0.4 is 0 Å². The Balaban J connectivity index is 2.20. The fraction of sp³-hybridized carbons (Fsp3) is 0.0625. The Morgan fingerprint density at radius 2 is 1.67 bits per heavy atom. The quantitative estimate of drug-likeness (QED) is 0.611. The molecule has 4 aromatic rings. The SMILES string of the molecule is O=C(O)Cn1c2ccccc2c2nc3ccccc3nc21. The van der Waals surface area contributed by atoms with Crippen LogP contribution in [0, 0.1) is 0 Å². The topological polar surface area (TPSA) is 68.0 Å².